The molecule has 1 aromatic carbocycles. The molecule has 2 saturated carbocycles. The SMILES string of the molecule is C=CC[C@](O)(CC)C(=O)N1C2CC3CCC2(C(=O)N1S(=O)(=O)c1ccc(C)cc1)C3(C)C. The maximum atomic E-state index is 14.0. The van der Waals surface area contributed by atoms with Crippen molar-refractivity contribution in [3.63, 3.8) is 0 Å². The lowest BCUT2D eigenvalue weighted by molar-refractivity contribution is -0.165. The molecule has 0 aromatic heterocycles. The number of fused-ring (bicyclic) bond motifs is 1. The highest BCUT2D eigenvalue weighted by atomic mass is 32.2. The Balaban J connectivity index is 1.90. The van der Waals surface area contributed by atoms with Gasteiger partial charge in [-0.1, -0.05) is 44.5 Å². The summed E-state index contributed by atoms with van der Waals surface area (Å²) < 4.78 is 28.2. The van der Waals surface area contributed by atoms with Crippen molar-refractivity contribution in [1.29, 1.82) is 0 Å². The molecule has 3 aliphatic rings. The maximum Gasteiger partial charge on any atom is 0.284 e. The van der Waals surface area contributed by atoms with Crippen LogP contribution in [0.1, 0.15) is 58.4 Å². The number of sulfonamides is 1. The zero-order valence-electron chi connectivity index (χ0n) is 19.2. The van der Waals surface area contributed by atoms with Crippen molar-refractivity contribution >= 4 is 21.8 Å². The van der Waals surface area contributed by atoms with E-state index >= 15 is 0 Å². The summed E-state index contributed by atoms with van der Waals surface area (Å²) >= 11 is 0. The van der Waals surface area contributed by atoms with E-state index in [9.17, 15) is 23.1 Å². The van der Waals surface area contributed by atoms with E-state index in [1.807, 2.05) is 20.8 Å². The van der Waals surface area contributed by atoms with Gasteiger partial charge in [0.2, 0.25) is 0 Å². The molecule has 1 aromatic rings. The Bertz CT molecular complexity index is 1080. The number of carbonyl (C=O) groups excluding carboxylic acids is 2. The molecule has 1 aliphatic heterocycles. The lowest BCUT2D eigenvalue weighted by Crippen LogP contribution is -2.57. The Morgan fingerprint density at radius 1 is 1.31 bits per heavy atom. The summed E-state index contributed by atoms with van der Waals surface area (Å²) in [6.45, 7) is 11.2. The molecule has 1 spiro atoms. The number of aliphatic hydroxyl groups is 1. The first-order valence-electron chi connectivity index (χ1n) is 11.2. The van der Waals surface area contributed by atoms with E-state index in [-0.39, 0.29) is 23.7 Å². The Hall–Kier alpha value is -2.19. The summed E-state index contributed by atoms with van der Waals surface area (Å²) in [7, 11) is -4.35. The molecule has 4 atom stereocenters. The average Bonchev–Trinajstić information content (AvgIpc) is 3.26. The second-order valence-electron chi connectivity index (χ2n) is 10.1. The van der Waals surface area contributed by atoms with Crippen LogP contribution in [0.15, 0.2) is 41.8 Å². The van der Waals surface area contributed by atoms with Crippen LogP contribution in [0.4, 0.5) is 0 Å². The van der Waals surface area contributed by atoms with Crippen LogP contribution in [0.2, 0.25) is 0 Å². The van der Waals surface area contributed by atoms with E-state index in [0.717, 1.165) is 17.0 Å². The zero-order valence-corrected chi connectivity index (χ0v) is 20.0. The second-order valence-corrected chi connectivity index (χ2v) is 11.8. The fourth-order valence-electron chi connectivity index (χ4n) is 6.25. The molecule has 0 radical (unpaired) electrons. The quantitative estimate of drug-likeness (QED) is 0.658. The van der Waals surface area contributed by atoms with Crippen LogP contribution in [0.25, 0.3) is 0 Å². The van der Waals surface area contributed by atoms with Gasteiger partial charge < -0.3 is 5.11 Å². The van der Waals surface area contributed by atoms with Crippen molar-refractivity contribution < 1.29 is 23.1 Å². The summed E-state index contributed by atoms with van der Waals surface area (Å²) in [5.41, 5.74) is -2.38. The van der Waals surface area contributed by atoms with E-state index in [2.05, 4.69) is 6.58 Å². The summed E-state index contributed by atoms with van der Waals surface area (Å²) in [6.07, 6.45) is 3.38. The highest BCUT2D eigenvalue weighted by molar-refractivity contribution is 7.89. The van der Waals surface area contributed by atoms with Crippen LogP contribution in [0.3, 0.4) is 0 Å². The van der Waals surface area contributed by atoms with Gasteiger partial charge in [0.15, 0.2) is 0 Å². The fourth-order valence-corrected chi connectivity index (χ4v) is 7.73. The molecule has 3 fully saturated rings. The lowest BCUT2D eigenvalue weighted by atomic mass is 9.67. The largest absolute Gasteiger partial charge is 0.380 e. The third kappa shape index (κ3) is 2.71. The number of nitrogens with zero attached hydrogens (tertiary/aromatic N) is 2. The van der Waals surface area contributed by atoms with Crippen LogP contribution >= 0.6 is 0 Å². The molecule has 4 rings (SSSR count). The molecule has 8 heteroatoms. The molecule has 1 saturated heterocycles. The van der Waals surface area contributed by atoms with Gasteiger partial charge in [-0.05, 0) is 56.1 Å². The molecule has 2 amide bonds. The predicted molar refractivity (Wildman–Crippen MR) is 119 cm³/mol. The van der Waals surface area contributed by atoms with Gasteiger partial charge in [0.25, 0.3) is 21.8 Å². The predicted octanol–water partition coefficient (Wildman–Crippen LogP) is 3.18. The molecular formula is C24H32N2O5S. The van der Waals surface area contributed by atoms with Crippen molar-refractivity contribution in [2.75, 3.05) is 0 Å². The smallest absolute Gasteiger partial charge is 0.284 e. The first-order valence-corrected chi connectivity index (χ1v) is 12.7. The Kier molecular flexibility index (Phi) is 5.14. The van der Waals surface area contributed by atoms with Crippen molar-refractivity contribution in [2.24, 2.45) is 16.7 Å². The van der Waals surface area contributed by atoms with Gasteiger partial charge in [0.05, 0.1) is 16.4 Å². The number of benzene rings is 1. The molecule has 32 heavy (non-hydrogen) atoms. The number of aryl methyl sites for hydroxylation is 1. The number of carbonyl (C=O) groups is 2. The first-order chi connectivity index (χ1) is 14.9. The maximum absolute atomic E-state index is 14.0. The first kappa shape index (κ1) is 23.0. The molecule has 1 heterocycles. The second kappa shape index (κ2) is 7.15. The third-order valence-corrected chi connectivity index (χ3v) is 10.1. The minimum absolute atomic E-state index is 0.0298. The Labute approximate surface area is 190 Å². The molecule has 3 unspecified atom stereocenters. The number of hydrazine groups is 1. The minimum atomic E-state index is -4.35. The Morgan fingerprint density at radius 2 is 1.94 bits per heavy atom. The molecule has 174 valence electrons. The van der Waals surface area contributed by atoms with Gasteiger partial charge in [-0.15, -0.1) is 11.0 Å². The van der Waals surface area contributed by atoms with Gasteiger partial charge in [-0.3, -0.25) is 9.59 Å². The average molecular weight is 461 g/mol. The van der Waals surface area contributed by atoms with Gasteiger partial charge in [0, 0.05) is 6.42 Å². The van der Waals surface area contributed by atoms with Crippen molar-refractivity contribution in [1.82, 2.24) is 9.42 Å². The van der Waals surface area contributed by atoms with Crippen LogP contribution in [0, 0.1) is 23.7 Å². The van der Waals surface area contributed by atoms with Gasteiger partial charge in [0.1, 0.15) is 5.60 Å². The summed E-state index contributed by atoms with van der Waals surface area (Å²) in [5, 5.41) is 12.2. The van der Waals surface area contributed by atoms with Gasteiger partial charge in [-0.25, -0.2) is 5.01 Å². The van der Waals surface area contributed by atoms with Crippen LogP contribution in [-0.2, 0) is 19.6 Å². The van der Waals surface area contributed by atoms with E-state index in [0.29, 0.717) is 17.3 Å². The summed E-state index contributed by atoms with van der Waals surface area (Å²) in [6, 6.07) is 5.62. The number of hydrogen-bond acceptors (Lipinski definition) is 5. The zero-order chi connectivity index (χ0) is 23.7. The molecular weight excluding hydrogens is 428 g/mol. The number of hydrogen-bond donors (Lipinski definition) is 1. The van der Waals surface area contributed by atoms with Crippen molar-refractivity contribution in [2.45, 2.75) is 76.3 Å². The van der Waals surface area contributed by atoms with Gasteiger partial charge >= 0.3 is 0 Å². The highest BCUT2D eigenvalue weighted by Gasteiger charge is 2.77. The number of amides is 2. The molecule has 2 bridgehead atoms. The number of rotatable bonds is 6. The molecule has 7 nitrogen and oxygen atoms in total. The van der Waals surface area contributed by atoms with E-state index in [4.69, 9.17) is 0 Å². The molecule has 2 aliphatic carbocycles. The van der Waals surface area contributed by atoms with Crippen molar-refractivity contribution in [3.8, 4) is 0 Å². The summed E-state index contributed by atoms with van der Waals surface area (Å²) in [5.74, 6) is -1.10. The highest BCUT2D eigenvalue weighted by Crippen LogP contribution is 2.70. The van der Waals surface area contributed by atoms with Crippen LogP contribution in [-0.4, -0.2) is 46.4 Å². The Morgan fingerprint density at radius 3 is 2.47 bits per heavy atom. The lowest BCUT2D eigenvalue weighted by Gasteiger charge is -2.38. The van der Waals surface area contributed by atoms with Gasteiger partial charge in [-0.2, -0.15) is 8.42 Å². The fraction of sp³-hybridized carbons (Fsp3) is 0.583. The van der Waals surface area contributed by atoms with E-state index < -0.39 is 44.3 Å². The topological polar surface area (TPSA) is 95.0 Å². The van der Waals surface area contributed by atoms with Crippen molar-refractivity contribution in [3.05, 3.63) is 42.5 Å². The monoisotopic (exact) mass is 460 g/mol. The van der Waals surface area contributed by atoms with E-state index in [1.54, 1.807) is 19.1 Å². The normalized spacial score (nSPS) is 30.3. The minimum Gasteiger partial charge on any atom is -0.380 e. The standard InChI is InChI=1S/C24H32N2O5S/c1-6-13-23(29,7-2)20(27)25-19-15-17-12-14-24(19,22(17,4)5)21(28)26(25)32(30,31)18-10-8-16(3)9-11-18/h6,8-11,17,19,29H,1,7,12-15H2,2-5H3/t17?,19?,23-,24?/m1/s1. The van der Waals surface area contributed by atoms with Crippen LogP contribution < -0.4 is 0 Å². The molecule has 1 N–H and O–H groups in total. The van der Waals surface area contributed by atoms with E-state index in [1.165, 1.54) is 18.2 Å². The third-order valence-electron chi connectivity index (χ3n) is 8.40. The van der Waals surface area contributed by atoms with Crippen LogP contribution in [0.5, 0.6) is 0 Å². The summed E-state index contributed by atoms with van der Waals surface area (Å²) in [4.78, 5) is 27.7.